The predicted octanol–water partition coefficient (Wildman–Crippen LogP) is 8.66. The first-order chi connectivity index (χ1) is 20.9. The van der Waals surface area contributed by atoms with Gasteiger partial charge in [0.15, 0.2) is 23.0 Å². The molecule has 0 saturated heterocycles. The van der Waals surface area contributed by atoms with Crippen LogP contribution in [-0.2, 0) is 11.3 Å². The van der Waals surface area contributed by atoms with Gasteiger partial charge >= 0.3 is 5.97 Å². The number of pyridine rings is 1. The Kier molecular flexibility index (Phi) is 10.1. The highest BCUT2D eigenvalue weighted by molar-refractivity contribution is 6.37. The largest absolute Gasteiger partial charge is 0.493 e. The van der Waals surface area contributed by atoms with Gasteiger partial charge in [0.1, 0.15) is 12.4 Å². The van der Waals surface area contributed by atoms with Crippen molar-refractivity contribution in [1.29, 1.82) is 0 Å². The van der Waals surface area contributed by atoms with E-state index < -0.39 is 5.97 Å². The number of methoxy groups -OCH3 is 2. The Balaban J connectivity index is 1.48. The first kappa shape index (κ1) is 30.3. The topological polar surface area (TPSA) is 76.1 Å². The highest BCUT2D eigenvalue weighted by atomic mass is 35.5. The maximum absolute atomic E-state index is 13.6. The fraction of sp³-hybridized carbons (Fsp3) is 0.235. The third-order valence-electron chi connectivity index (χ3n) is 7.05. The van der Waals surface area contributed by atoms with Gasteiger partial charge in [-0.25, -0.2) is 4.79 Å². The zero-order valence-corrected chi connectivity index (χ0v) is 25.4. The number of aromatic nitrogens is 1. The molecule has 7 nitrogen and oxygen atoms in total. The quantitative estimate of drug-likeness (QED) is 0.123. The smallest absolute Gasteiger partial charge is 0.343 e. The van der Waals surface area contributed by atoms with Crippen molar-refractivity contribution in [1.82, 2.24) is 4.98 Å². The minimum atomic E-state index is -0.617. The summed E-state index contributed by atoms with van der Waals surface area (Å²) in [5.41, 5.74) is 2.26. The second-order valence-electron chi connectivity index (χ2n) is 9.94. The summed E-state index contributed by atoms with van der Waals surface area (Å²) in [5, 5.41) is 0.607. The van der Waals surface area contributed by atoms with Crippen molar-refractivity contribution in [2.45, 2.75) is 38.4 Å². The zero-order valence-electron chi connectivity index (χ0n) is 23.8. The lowest BCUT2D eigenvalue weighted by molar-refractivity contribution is 0.0692. The molecule has 1 saturated carbocycles. The number of carbonyl (C=O) groups is 1. The van der Waals surface area contributed by atoms with Crippen molar-refractivity contribution in [3.63, 3.8) is 0 Å². The van der Waals surface area contributed by atoms with E-state index in [1.54, 1.807) is 56.7 Å². The van der Waals surface area contributed by atoms with Crippen molar-refractivity contribution in [2.75, 3.05) is 14.2 Å². The van der Waals surface area contributed by atoms with Crippen LogP contribution in [0.1, 0.15) is 52.7 Å². The highest BCUT2D eigenvalue weighted by Gasteiger charge is 2.21. The van der Waals surface area contributed by atoms with E-state index >= 15 is 0 Å². The Morgan fingerprint density at radius 1 is 0.837 bits per heavy atom. The molecule has 1 heterocycles. The number of ether oxygens (including phenoxy) is 5. The molecule has 0 spiro atoms. The predicted molar refractivity (Wildman–Crippen MR) is 167 cm³/mol. The van der Waals surface area contributed by atoms with Crippen LogP contribution in [0.3, 0.4) is 0 Å². The summed E-state index contributed by atoms with van der Waals surface area (Å²) in [4.78, 5) is 17.6. The van der Waals surface area contributed by atoms with Gasteiger partial charge in [0.05, 0.1) is 35.9 Å². The number of halogens is 2. The number of carbonyl (C=O) groups excluding carboxylic acids is 1. The molecule has 0 bridgehead atoms. The van der Waals surface area contributed by atoms with Crippen molar-refractivity contribution < 1.29 is 28.5 Å². The van der Waals surface area contributed by atoms with Gasteiger partial charge in [0, 0.05) is 23.5 Å². The van der Waals surface area contributed by atoms with E-state index in [0.717, 1.165) is 31.2 Å². The Labute approximate surface area is 260 Å². The summed E-state index contributed by atoms with van der Waals surface area (Å²) < 4.78 is 29.3. The molecule has 0 unspecified atom stereocenters. The zero-order chi connectivity index (χ0) is 30.2. The molecule has 43 heavy (non-hydrogen) atoms. The van der Waals surface area contributed by atoms with Crippen LogP contribution in [0.25, 0.3) is 11.8 Å². The summed E-state index contributed by atoms with van der Waals surface area (Å²) in [6, 6.07) is 19.9. The molecular formula is C34H31Cl2NO6. The molecule has 4 aromatic rings. The fourth-order valence-corrected chi connectivity index (χ4v) is 5.25. The normalized spacial score (nSPS) is 13.4. The average molecular weight is 621 g/mol. The fourth-order valence-electron chi connectivity index (χ4n) is 4.78. The van der Waals surface area contributed by atoms with E-state index in [9.17, 15) is 4.79 Å². The molecule has 1 fully saturated rings. The summed E-state index contributed by atoms with van der Waals surface area (Å²) in [7, 11) is 3.13. The first-order valence-corrected chi connectivity index (χ1v) is 14.6. The molecule has 0 atom stereocenters. The van der Waals surface area contributed by atoms with Gasteiger partial charge in [-0.3, -0.25) is 4.98 Å². The van der Waals surface area contributed by atoms with Crippen LogP contribution in [0.4, 0.5) is 0 Å². The van der Waals surface area contributed by atoms with E-state index in [4.69, 9.17) is 46.9 Å². The molecule has 1 aliphatic carbocycles. The van der Waals surface area contributed by atoms with Gasteiger partial charge in [-0.15, -0.1) is 0 Å². The standard InChI is InChI=1S/C34H31Cl2NO6/c1-39-29-15-13-24(17-32(29)41-21-22-8-4-3-5-9-22)34(38)43-31(18-26-27(35)19-37-20-28(26)36)23-12-14-30(40-2)33(16-23)42-25-10-6-7-11-25/h3-5,8-9,12-20,25H,6-7,10-11,21H2,1-2H3/b31-18-. The van der Waals surface area contributed by atoms with Crippen LogP contribution in [0.5, 0.6) is 23.0 Å². The van der Waals surface area contributed by atoms with Gasteiger partial charge in [0.2, 0.25) is 0 Å². The van der Waals surface area contributed by atoms with Gasteiger partial charge in [-0.1, -0.05) is 53.5 Å². The van der Waals surface area contributed by atoms with Gasteiger partial charge in [0.25, 0.3) is 0 Å². The Bertz CT molecular complexity index is 1580. The summed E-state index contributed by atoms with van der Waals surface area (Å²) in [5.74, 6) is 1.62. The van der Waals surface area contributed by atoms with Crippen molar-refractivity contribution >= 4 is 41.0 Å². The molecule has 0 amide bonds. The lowest BCUT2D eigenvalue weighted by atomic mass is 10.1. The van der Waals surface area contributed by atoms with Gasteiger partial charge < -0.3 is 23.7 Å². The summed E-state index contributed by atoms with van der Waals surface area (Å²) >= 11 is 12.9. The van der Waals surface area contributed by atoms with Gasteiger partial charge in [-0.05, 0) is 73.7 Å². The third-order valence-corrected chi connectivity index (χ3v) is 7.65. The number of nitrogens with zero attached hydrogens (tertiary/aromatic N) is 1. The lowest BCUT2D eigenvalue weighted by Crippen LogP contribution is -2.12. The molecule has 5 rings (SSSR count). The van der Waals surface area contributed by atoms with Crippen LogP contribution in [0.2, 0.25) is 10.0 Å². The Morgan fingerprint density at radius 2 is 1.47 bits per heavy atom. The highest BCUT2D eigenvalue weighted by Crippen LogP contribution is 2.37. The molecule has 9 heteroatoms. The van der Waals surface area contributed by atoms with Crippen LogP contribution in [0.15, 0.2) is 79.1 Å². The van der Waals surface area contributed by atoms with Crippen LogP contribution in [-0.4, -0.2) is 31.3 Å². The maximum atomic E-state index is 13.6. The molecule has 1 aliphatic rings. The molecule has 0 aliphatic heterocycles. The van der Waals surface area contributed by atoms with E-state index in [1.807, 2.05) is 30.3 Å². The van der Waals surface area contributed by atoms with E-state index in [2.05, 4.69) is 4.98 Å². The van der Waals surface area contributed by atoms with Crippen LogP contribution in [0, 0.1) is 0 Å². The molecular weight excluding hydrogens is 589 g/mol. The van der Waals surface area contributed by atoms with Crippen molar-refractivity contribution in [3.8, 4) is 23.0 Å². The second-order valence-corrected chi connectivity index (χ2v) is 10.8. The van der Waals surface area contributed by atoms with E-state index in [-0.39, 0.29) is 17.4 Å². The monoisotopic (exact) mass is 619 g/mol. The lowest BCUT2D eigenvalue weighted by Gasteiger charge is -2.18. The molecule has 222 valence electrons. The molecule has 0 N–H and O–H groups in total. The van der Waals surface area contributed by atoms with E-state index in [1.165, 1.54) is 12.4 Å². The van der Waals surface area contributed by atoms with E-state index in [0.29, 0.717) is 50.8 Å². The molecule has 1 aromatic heterocycles. The average Bonchev–Trinajstić information content (AvgIpc) is 3.54. The third kappa shape index (κ3) is 7.61. The minimum absolute atomic E-state index is 0.0943. The Hall–Kier alpha value is -4.20. The summed E-state index contributed by atoms with van der Waals surface area (Å²) in [6.07, 6.45) is 8.83. The number of hydrogen-bond donors (Lipinski definition) is 0. The number of esters is 1. The number of rotatable bonds is 11. The van der Waals surface area contributed by atoms with Crippen molar-refractivity contribution in [2.24, 2.45) is 0 Å². The second kappa shape index (κ2) is 14.3. The van der Waals surface area contributed by atoms with Crippen LogP contribution < -0.4 is 18.9 Å². The minimum Gasteiger partial charge on any atom is -0.493 e. The molecule has 0 radical (unpaired) electrons. The van der Waals surface area contributed by atoms with Crippen molar-refractivity contribution in [3.05, 3.63) is 111 Å². The SMILES string of the molecule is COc1ccc(C(=O)O/C(=C\c2c(Cl)cncc2Cl)c2ccc(OC)c(OC3CCCC3)c2)cc1OCc1ccccc1. The Morgan fingerprint density at radius 3 is 2.14 bits per heavy atom. The number of hydrogen-bond acceptors (Lipinski definition) is 7. The number of benzene rings is 3. The van der Waals surface area contributed by atoms with Crippen LogP contribution >= 0.6 is 23.2 Å². The summed E-state index contributed by atoms with van der Waals surface area (Å²) in [6.45, 7) is 0.301. The first-order valence-electron chi connectivity index (χ1n) is 13.9. The molecule has 3 aromatic carbocycles. The van der Waals surface area contributed by atoms with Gasteiger partial charge in [-0.2, -0.15) is 0 Å². The maximum Gasteiger partial charge on any atom is 0.343 e.